The number of carbonyl (C=O) groups excluding carboxylic acids is 2. The van der Waals surface area contributed by atoms with Gasteiger partial charge in [0.05, 0.1) is 6.54 Å². The molecule has 0 aliphatic carbocycles. The molecular weight excluding hydrogens is 340 g/mol. The number of alkyl carbamates (subject to hydrolysis) is 1. The van der Waals surface area contributed by atoms with Crippen LogP contribution in [0.25, 0.3) is 0 Å². The first-order valence-electron chi connectivity index (χ1n) is 8.91. The van der Waals surface area contributed by atoms with Gasteiger partial charge in [0.25, 0.3) is 0 Å². The number of hydrogen-bond acceptors (Lipinski definition) is 6. The Morgan fingerprint density at radius 3 is 1.96 bits per heavy atom. The maximum Gasteiger partial charge on any atom is 0.407 e. The zero-order valence-electron chi connectivity index (χ0n) is 16.9. The van der Waals surface area contributed by atoms with Gasteiger partial charge in [-0.05, 0) is 60.9 Å². The Hall–Kier alpha value is -1.83. The Balaban J connectivity index is 4.36. The molecule has 0 saturated heterocycles. The topological polar surface area (TPSA) is 105 Å². The lowest BCUT2D eigenvalue weighted by molar-refractivity contribution is -0.156. The van der Waals surface area contributed by atoms with Crippen LogP contribution in [-0.4, -0.2) is 65.4 Å². The van der Waals surface area contributed by atoms with Gasteiger partial charge in [-0.3, -0.25) is 14.5 Å². The molecule has 0 rings (SSSR count). The van der Waals surface area contributed by atoms with Crippen molar-refractivity contribution in [2.24, 2.45) is 0 Å². The maximum absolute atomic E-state index is 12.0. The molecule has 0 aliphatic rings. The second-order valence-electron chi connectivity index (χ2n) is 8.14. The molecule has 0 radical (unpaired) electrons. The number of ether oxygens (including phenoxy) is 2. The summed E-state index contributed by atoms with van der Waals surface area (Å²) in [7, 11) is 0. The van der Waals surface area contributed by atoms with Crippen molar-refractivity contribution in [3.63, 3.8) is 0 Å². The van der Waals surface area contributed by atoms with Gasteiger partial charge in [0.2, 0.25) is 0 Å². The van der Waals surface area contributed by atoms with Crippen LogP contribution in [0.15, 0.2) is 0 Å². The molecule has 0 aromatic rings. The van der Waals surface area contributed by atoms with Crippen molar-refractivity contribution in [2.75, 3.05) is 26.2 Å². The number of carbonyl (C=O) groups is 3. The molecule has 8 heteroatoms. The Labute approximate surface area is 156 Å². The standard InChI is InChI=1S/C18H34N2O6/c1-17(2,3)25-15(23)13-20(11-7-9-14(21)22)12-8-10-19-16(24)26-18(4,5)6/h7-13H2,1-6H3,(H,19,24)(H,21,22). The fraction of sp³-hybridized carbons (Fsp3) is 0.833. The molecule has 8 nitrogen and oxygen atoms in total. The average Bonchev–Trinajstić information content (AvgIpc) is 2.38. The first-order chi connectivity index (χ1) is 11.8. The average molecular weight is 374 g/mol. The van der Waals surface area contributed by atoms with Gasteiger partial charge in [0, 0.05) is 19.5 Å². The van der Waals surface area contributed by atoms with Crippen molar-refractivity contribution in [3.05, 3.63) is 0 Å². The van der Waals surface area contributed by atoms with Gasteiger partial charge in [-0.25, -0.2) is 4.79 Å². The van der Waals surface area contributed by atoms with E-state index < -0.39 is 23.3 Å². The second-order valence-corrected chi connectivity index (χ2v) is 8.14. The molecule has 0 aromatic carbocycles. The Morgan fingerprint density at radius 1 is 0.923 bits per heavy atom. The summed E-state index contributed by atoms with van der Waals surface area (Å²) < 4.78 is 10.5. The van der Waals surface area contributed by atoms with Crippen LogP contribution >= 0.6 is 0 Å². The van der Waals surface area contributed by atoms with Gasteiger partial charge in [-0.2, -0.15) is 0 Å². The lowest BCUT2D eigenvalue weighted by Gasteiger charge is -2.25. The molecule has 152 valence electrons. The number of hydrogen-bond donors (Lipinski definition) is 2. The van der Waals surface area contributed by atoms with Gasteiger partial charge in [-0.15, -0.1) is 0 Å². The van der Waals surface area contributed by atoms with E-state index >= 15 is 0 Å². The van der Waals surface area contributed by atoms with Crippen LogP contribution in [0.3, 0.4) is 0 Å². The smallest absolute Gasteiger partial charge is 0.407 e. The third-order valence-electron chi connectivity index (χ3n) is 2.96. The van der Waals surface area contributed by atoms with Crippen LogP contribution in [0.5, 0.6) is 0 Å². The Bertz CT molecular complexity index is 465. The van der Waals surface area contributed by atoms with E-state index in [1.807, 2.05) is 4.90 Å². The fourth-order valence-corrected chi connectivity index (χ4v) is 2.09. The first kappa shape index (κ1) is 24.2. The summed E-state index contributed by atoms with van der Waals surface area (Å²) in [6, 6.07) is 0. The van der Waals surface area contributed by atoms with Gasteiger partial charge < -0.3 is 19.9 Å². The zero-order valence-corrected chi connectivity index (χ0v) is 16.9. The molecule has 0 aromatic heterocycles. The SMILES string of the molecule is CC(C)(C)OC(=O)CN(CCCNC(=O)OC(C)(C)C)CCCC(=O)O. The summed E-state index contributed by atoms with van der Waals surface area (Å²) in [6.07, 6.45) is 0.607. The minimum atomic E-state index is -0.867. The summed E-state index contributed by atoms with van der Waals surface area (Å²) in [5, 5.41) is 11.4. The predicted octanol–water partition coefficient (Wildman–Crippen LogP) is 2.41. The van der Waals surface area contributed by atoms with E-state index in [9.17, 15) is 14.4 Å². The molecule has 1 amide bonds. The lowest BCUT2D eigenvalue weighted by atomic mass is 10.2. The number of nitrogens with one attached hydrogen (secondary N) is 1. The highest BCUT2D eigenvalue weighted by Gasteiger charge is 2.19. The number of esters is 1. The van der Waals surface area contributed by atoms with E-state index in [2.05, 4.69) is 5.32 Å². The van der Waals surface area contributed by atoms with Crippen molar-refractivity contribution < 1.29 is 29.0 Å². The summed E-state index contributed by atoms with van der Waals surface area (Å²) in [5.74, 6) is -1.22. The number of nitrogens with zero attached hydrogens (tertiary/aromatic N) is 1. The molecule has 0 aliphatic heterocycles. The van der Waals surface area contributed by atoms with Gasteiger partial charge in [-0.1, -0.05) is 0 Å². The minimum Gasteiger partial charge on any atom is -0.481 e. The van der Waals surface area contributed by atoms with Crippen LogP contribution in [0.4, 0.5) is 4.79 Å². The molecule has 0 fully saturated rings. The number of carboxylic acids is 1. The molecule has 0 unspecified atom stereocenters. The highest BCUT2D eigenvalue weighted by molar-refractivity contribution is 5.72. The van der Waals surface area contributed by atoms with Crippen molar-refractivity contribution in [1.82, 2.24) is 10.2 Å². The molecule has 0 spiro atoms. The normalized spacial score (nSPS) is 12.0. The van der Waals surface area contributed by atoms with Crippen LogP contribution in [-0.2, 0) is 19.1 Å². The van der Waals surface area contributed by atoms with E-state index in [1.165, 1.54) is 0 Å². The highest BCUT2D eigenvalue weighted by atomic mass is 16.6. The minimum absolute atomic E-state index is 0.0426. The number of aliphatic carboxylic acids is 1. The van der Waals surface area contributed by atoms with Crippen LogP contribution in [0, 0.1) is 0 Å². The van der Waals surface area contributed by atoms with Gasteiger partial charge >= 0.3 is 18.0 Å². The summed E-state index contributed by atoms with van der Waals surface area (Å²) in [6.45, 7) is 12.3. The zero-order chi connectivity index (χ0) is 20.4. The monoisotopic (exact) mass is 374 g/mol. The number of carboxylic acid groups (broad SMARTS) is 1. The summed E-state index contributed by atoms with van der Waals surface area (Å²) in [5.41, 5.74) is -1.12. The molecule has 0 saturated carbocycles. The van der Waals surface area contributed by atoms with E-state index in [1.54, 1.807) is 41.5 Å². The molecule has 0 heterocycles. The predicted molar refractivity (Wildman–Crippen MR) is 98.0 cm³/mol. The van der Waals surface area contributed by atoms with Crippen LogP contribution in [0.2, 0.25) is 0 Å². The third-order valence-corrected chi connectivity index (χ3v) is 2.96. The summed E-state index contributed by atoms with van der Waals surface area (Å²) >= 11 is 0. The van der Waals surface area contributed by atoms with Crippen molar-refractivity contribution >= 4 is 18.0 Å². The molecule has 2 N–H and O–H groups in total. The highest BCUT2D eigenvalue weighted by Crippen LogP contribution is 2.08. The second kappa shape index (κ2) is 11.0. The molecular formula is C18H34N2O6. The van der Waals surface area contributed by atoms with Crippen LogP contribution < -0.4 is 5.32 Å². The third kappa shape index (κ3) is 15.7. The van der Waals surface area contributed by atoms with E-state index in [-0.39, 0.29) is 18.9 Å². The van der Waals surface area contributed by atoms with Crippen LogP contribution in [0.1, 0.15) is 60.8 Å². The first-order valence-corrected chi connectivity index (χ1v) is 8.91. The molecule has 0 bridgehead atoms. The van der Waals surface area contributed by atoms with Crippen molar-refractivity contribution in [3.8, 4) is 0 Å². The van der Waals surface area contributed by atoms with Crippen molar-refractivity contribution in [1.29, 1.82) is 0 Å². The molecule has 0 atom stereocenters. The van der Waals surface area contributed by atoms with Crippen molar-refractivity contribution in [2.45, 2.75) is 72.0 Å². The quantitative estimate of drug-likeness (QED) is 0.447. The lowest BCUT2D eigenvalue weighted by Crippen LogP contribution is -2.38. The Morgan fingerprint density at radius 2 is 1.46 bits per heavy atom. The van der Waals surface area contributed by atoms with E-state index in [0.29, 0.717) is 32.5 Å². The number of amides is 1. The fourth-order valence-electron chi connectivity index (χ4n) is 2.09. The number of rotatable bonds is 10. The largest absolute Gasteiger partial charge is 0.481 e. The van der Waals surface area contributed by atoms with Gasteiger partial charge in [0.15, 0.2) is 0 Å². The van der Waals surface area contributed by atoms with Gasteiger partial charge in [0.1, 0.15) is 11.2 Å². The Kier molecular flexibility index (Phi) is 10.2. The molecule has 26 heavy (non-hydrogen) atoms. The summed E-state index contributed by atoms with van der Waals surface area (Å²) in [4.78, 5) is 36.1. The maximum atomic E-state index is 12.0. The van der Waals surface area contributed by atoms with E-state index in [0.717, 1.165) is 0 Å². The van der Waals surface area contributed by atoms with E-state index in [4.69, 9.17) is 14.6 Å².